The van der Waals surface area contributed by atoms with E-state index in [1.807, 2.05) is 18.2 Å². The average molecular weight is 356 g/mol. The zero-order chi connectivity index (χ0) is 13.8. The molecule has 19 heavy (non-hydrogen) atoms. The Morgan fingerprint density at radius 2 is 1.95 bits per heavy atom. The summed E-state index contributed by atoms with van der Waals surface area (Å²) in [5.41, 5.74) is 2.32. The van der Waals surface area contributed by atoms with Crippen molar-refractivity contribution >= 4 is 44.8 Å². The smallest absolute Gasteiger partial charge is 0.0992 e. The van der Waals surface area contributed by atoms with Gasteiger partial charge in [-0.3, -0.25) is 0 Å². The first-order valence-electron chi connectivity index (χ1n) is 5.47. The number of nitriles is 1. The first-order valence-corrected chi connectivity index (χ1v) is 7.02. The fourth-order valence-electron chi connectivity index (χ4n) is 1.60. The highest BCUT2D eigenvalue weighted by Gasteiger charge is 2.04. The van der Waals surface area contributed by atoms with Gasteiger partial charge in [-0.05, 0) is 42.0 Å². The zero-order valence-electron chi connectivity index (χ0n) is 9.75. The minimum atomic E-state index is 0.565. The molecule has 0 radical (unpaired) electrons. The van der Waals surface area contributed by atoms with E-state index in [1.165, 1.54) is 0 Å². The zero-order valence-corrected chi connectivity index (χ0v) is 12.9. The van der Waals surface area contributed by atoms with Crippen LogP contribution in [0.1, 0.15) is 11.1 Å². The van der Waals surface area contributed by atoms with Crippen LogP contribution in [0.5, 0.6) is 0 Å². The summed E-state index contributed by atoms with van der Waals surface area (Å²) in [6.07, 6.45) is 0. The van der Waals surface area contributed by atoms with Gasteiger partial charge >= 0.3 is 0 Å². The lowest BCUT2D eigenvalue weighted by molar-refractivity contribution is 1.14. The molecule has 0 fully saturated rings. The van der Waals surface area contributed by atoms with Crippen molar-refractivity contribution in [1.29, 1.82) is 5.26 Å². The Morgan fingerprint density at radius 3 is 2.68 bits per heavy atom. The third kappa shape index (κ3) is 3.63. The van der Waals surface area contributed by atoms with Crippen molar-refractivity contribution in [3.8, 4) is 6.07 Å². The summed E-state index contributed by atoms with van der Waals surface area (Å²) in [7, 11) is 0. The molecule has 2 aromatic carbocycles. The van der Waals surface area contributed by atoms with E-state index in [-0.39, 0.29) is 0 Å². The van der Waals surface area contributed by atoms with Crippen molar-refractivity contribution in [2.45, 2.75) is 6.54 Å². The summed E-state index contributed by atoms with van der Waals surface area (Å²) in [5.74, 6) is 0. The molecule has 0 bridgehead atoms. The summed E-state index contributed by atoms with van der Waals surface area (Å²) in [6, 6.07) is 12.8. The summed E-state index contributed by atoms with van der Waals surface area (Å²) < 4.78 is 0.969. The molecule has 0 saturated heterocycles. The lowest BCUT2D eigenvalue weighted by Crippen LogP contribution is -2.01. The molecular formula is C14H9BrCl2N2. The summed E-state index contributed by atoms with van der Waals surface area (Å²) in [4.78, 5) is 0. The molecule has 0 aliphatic carbocycles. The van der Waals surface area contributed by atoms with Gasteiger partial charge in [-0.2, -0.15) is 5.26 Å². The Morgan fingerprint density at radius 1 is 1.16 bits per heavy atom. The first-order chi connectivity index (χ1) is 9.10. The fourth-order valence-corrected chi connectivity index (χ4v) is 2.37. The van der Waals surface area contributed by atoms with Crippen LogP contribution < -0.4 is 5.32 Å². The van der Waals surface area contributed by atoms with Gasteiger partial charge < -0.3 is 5.32 Å². The molecule has 0 amide bonds. The van der Waals surface area contributed by atoms with Gasteiger partial charge in [-0.1, -0.05) is 39.1 Å². The van der Waals surface area contributed by atoms with Crippen LogP contribution in [0.4, 0.5) is 5.69 Å². The summed E-state index contributed by atoms with van der Waals surface area (Å²) in [5, 5.41) is 13.3. The van der Waals surface area contributed by atoms with E-state index in [0.29, 0.717) is 22.2 Å². The molecule has 5 heteroatoms. The van der Waals surface area contributed by atoms with E-state index in [1.54, 1.807) is 18.2 Å². The molecule has 0 aromatic heterocycles. The minimum Gasteiger partial charge on any atom is -0.380 e. The molecule has 0 saturated carbocycles. The fraction of sp³-hybridized carbons (Fsp3) is 0.0714. The van der Waals surface area contributed by atoms with Crippen molar-refractivity contribution in [2.24, 2.45) is 0 Å². The molecule has 0 spiro atoms. The second-order valence-electron chi connectivity index (χ2n) is 3.90. The maximum atomic E-state index is 8.87. The second-order valence-corrected chi connectivity index (χ2v) is 5.59. The Kier molecular flexibility index (Phi) is 4.71. The van der Waals surface area contributed by atoms with E-state index < -0.39 is 0 Å². The van der Waals surface area contributed by atoms with Gasteiger partial charge in [0.25, 0.3) is 0 Å². The predicted molar refractivity (Wildman–Crippen MR) is 82.6 cm³/mol. The van der Waals surface area contributed by atoms with Crippen molar-refractivity contribution in [3.63, 3.8) is 0 Å². The van der Waals surface area contributed by atoms with Gasteiger partial charge in [-0.15, -0.1) is 0 Å². The van der Waals surface area contributed by atoms with Crippen LogP contribution in [0, 0.1) is 11.3 Å². The number of anilines is 1. The predicted octanol–water partition coefficient (Wildman–Crippen LogP) is 5.24. The van der Waals surface area contributed by atoms with Crippen LogP contribution >= 0.6 is 39.1 Å². The van der Waals surface area contributed by atoms with Crippen LogP contribution in [0.3, 0.4) is 0 Å². The molecule has 96 valence electrons. The largest absolute Gasteiger partial charge is 0.380 e. The van der Waals surface area contributed by atoms with Crippen molar-refractivity contribution < 1.29 is 0 Å². The number of benzene rings is 2. The van der Waals surface area contributed by atoms with E-state index in [0.717, 1.165) is 15.7 Å². The van der Waals surface area contributed by atoms with Crippen molar-refractivity contribution in [1.82, 2.24) is 0 Å². The molecule has 2 rings (SSSR count). The normalized spacial score (nSPS) is 10.0. The van der Waals surface area contributed by atoms with Gasteiger partial charge in [0.15, 0.2) is 0 Å². The van der Waals surface area contributed by atoms with Crippen LogP contribution in [0.2, 0.25) is 10.0 Å². The third-order valence-corrected chi connectivity index (χ3v) is 3.91. The topological polar surface area (TPSA) is 35.8 Å². The lowest BCUT2D eigenvalue weighted by Gasteiger charge is -2.10. The van der Waals surface area contributed by atoms with Gasteiger partial charge in [0, 0.05) is 16.0 Å². The standard InChI is InChI=1S/C14H9BrCl2N2/c15-12-3-2-11(16)6-10(12)8-19-14-5-9(7-18)1-4-13(14)17/h1-6,19H,8H2. The van der Waals surface area contributed by atoms with Gasteiger partial charge in [0.2, 0.25) is 0 Å². The second kappa shape index (κ2) is 6.29. The first kappa shape index (κ1) is 14.2. The molecule has 0 atom stereocenters. The molecular weight excluding hydrogens is 347 g/mol. The van der Waals surface area contributed by atoms with Crippen molar-refractivity contribution in [3.05, 3.63) is 62.0 Å². The van der Waals surface area contributed by atoms with Crippen LogP contribution in [0.15, 0.2) is 40.9 Å². The van der Waals surface area contributed by atoms with Crippen LogP contribution in [-0.2, 0) is 6.54 Å². The van der Waals surface area contributed by atoms with E-state index in [2.05, 4.69) is 27.3 Å². The van der Waals surface area contributed by atoms with E-state index >= 15 is 0 Å². The Labute approximate surface area is 130 Å². The van der Waals surface area contributed by atoms with E-state index in [4.69, 9.17) is 28.5 Å². The molecule has 0 heterocycles. The number of halogens is 3. The lowest BCUT2D eigenvalue weighted by atomic mass is 10.2. The van der Waals surface area contributed by atoms with Crippen LogP contribution in [-0.4, -0.2) is 0 Å². The number of hydrogen-bond donors (Lipinski definition) is 1. The number of hydrogen-bond acceptors (Lipinski definition) is 2. The van der Waals surface area contributed by atoms with Gasteiger partial charge in [0.1, 0.15) is 0 Å². The molecule has 1 N–H and O–H groups in total. The van der Waals surface area contributed by atoms with E-state index in [9.17, 15) is 0 Å². The van der Waals surface area contributed by atoms with Gasteiger partial charge in [-0.25, -0.2) is 0 Å². The molecule has 2 aromatic rings. The van der Waals surface area contributed by atoms with Crippen molar-refractivity contribution in [2.75, 3.05) is 5.32 Å². The molecule has 0 aliphatic rings. The molecule has 0 aliphatic heterocycles. The molecule has 2 nitrogen and oxygen atoms in total. The number of rotatable bonds is 3. The summed E-state index contributed by atoms with van der Waals surface area (Å²) in [6.45, 7) is 0.565. The van der Waals surface area contributed by atoms with Crippen LogP contribution in [0.25, 0.3) is 0 Å². The average Bonchev–Trinajstić information content (AvgIpc) is 2.41. The maximum Gasteiger partial charge on any atom is 0.0992 e. The maximum absolute atomic E-state index is 8.87. The van der Waals surface area contributed by atoms with Gasteiger partial charge in [0.05, 0.1) is 22.3 Å². The number of nitrogens with zero attached hydrogens (tertiary/aromatic N) is 1. The monoisotopic (exact) mass is 354 g/mol. The highest BCUT2D eigenvalue weighted by molar-refractivity contribution is 9.10. The highest BCUT2D eigenvalue weighted by atomic mass is 79.9. The highest BCUT2D eigenvalue weighted by Crippen LogP contribution is 2.26. The Hall–Kier alpha value is -1.21. The SMILES string of the molecule is N#Cc1ccc(Cl)c(NCc2cc(Cl)ccc2Br)c1. The molecule has 0 unspecified atom stereocenters. The quantitative estimate of drug-likeness (QED) is 0.817. The Balaban J connectivity index is 2.19. The Bertz CT molecular complexity index is 650. The number of nitrogens with one attached hydrogen (secondary N) is 1. The minimum absolute atomic E-state index is 0.565. The third-order valence-electron chi connectivity index (χ3n) is 2.57. The summed E-state index contributed by atoms with van der Waals surface area (Å²) >= 11 is 15.5.